The van der Waals surface area contributed by atoms with Crippen LogP contribution in [0.5, 0.6) is 0 Å². The lowest BCUT2D eigenvalue weighted by Crippen LogP contribution is -2.26. The summed E-state index contributed by atoms with van der Waals surface area (Å²) in [5.41, 5.74) is 0.764. The number of nitrogens with zero attached hydrogens (tertiary/aromatic N) is 1. The molecule has 124 valence electrons. The second kappa shape index (κ2) is 6.76. The fraction of sp³-hybridized carbons (Fsp3) is 0.400. The number of halogens is 1. The molecular formula is C15H18ClN3O2S2. The van der Waals surface area contributed by atoms with Crippen LogP contribution in [0, 0.1) is 5.92 Å². The van der Waals surface area contributed by atoms with Gasteiger partial charge >= 0.3 is 0 Å². The van der Waals surface area contributed by atoms with E-state index >= 15 is 0 Å². The summed E-state index contributed by atoms with van der Waals surface area (Å²) in [6.45, 7) is 4.01. The van der Waals surface area contributed by atoms with Crippen molar-refractivity contribution in [2.45, 2.75) is 23.6 Å². The van der Waals surface area contributed by atoms with Crippen molar-refractivity contribution in [1.29, 1.82) is 0 Å². The summed E-state index contributed by atoms with van der Waals surface area (Å²) in [5, 5.41) is 9.46. The minimum Gasteiger partial charge on any atom is -0.380 e. The molecule has 1 fully saturated rings. The molecule has 2 heterocycles. The Morgan fingerprint density at radius 3 is 2.87 bits per heavy atom. The summed E-state index contributed by atoms with van der Waals surface area (Å²) in [7, 11) is -3.44. The van der Waals surface area contributed by atoms with Crippen molar-refractivity contribution in [3.05, 3.63) is 39.8 Å². The van der Waals surface area contributed by atoms with Gasteiger partial charge in [0.2, 0.25) is 0 Å². The van der Waals surface area contributed by atoms with Crippen molar-refractivity contribution in [2.75, 3.05) is 18.4 Å². The Balaban J connectivity index is 1.78. The Labute approximate surface area is 145 Å². The third-order valence-electron chi connectivity index (χ3n) is 3.95. The number of hydrogen-bond donors (Lipinski definition) is 2. The maximum Gasteiger partial charge on any atom is 0.184 e. The Morgan fingerprint density at radius 2 is 2.26 bits per heavy atom. The molecule has 0 spiro atoms. The second-order valence-corrected chi connectivity index (χ2v) is 9.09. The maximum absolute atomic E-state index is 12.4. The molecule has 0 aliphatic carbocycles. The van der Waals surface area contributed by atoms with Crippen LogP contribution in [-0.4, -0.2) is 32.5 Å². The van der Waals surface area contributed by atoms with Gasteiger partial charge < -0.3 is 10.6 Å². The van der Waals surface area contributed by atoms with Crippen molar-refractivity contribution in [2.24, 2.45) is 5.92 Å². The molecule has 1 aliphatic rings. The number of aromatic nitrogens is 1. The molecule has 1 aromatic carbocycles. The Hall–Kier alpha value is -1.15. The molecule has 2 aromatic rings. The van der Waals surface area contributed by atoms with Gasteiger partial charge in [0.05, 0.1) is 15.6 Å². The fourth-order valence-corrected chi connectivity index (χ4v) is 5.16. The lowest BCUT2D eigenvalue weighted by molar-refractivity contribution is 0.593. The molecule has 0 saturated carbocycles. The van der Waals surface area contributed by atoms with E-state index in [0.717, 1.165) is 18.8 Å². The minimum absolute atomic E-state index is 0.0999. The lowest BCUT2D eigenvalue weighted by Gasteiger charge is -2.19. The van der Waals surface area contributed by atoms with E-state index in [2.05, 4.69) is 22.5 Å². The average molecular weight is 372 g/mol. The van der Waals surface area contributed by atoms with Crippen LogP contribution in [-0.2, 0) is 15.6 Å². The zero-order valence-corrected chi connectivity index (χ0v) is 15.0. The van der Waals surface area contributed by atoms with Crippen molar-refractivity contribution >= 4 is 38.5 Å². The van der Waals surface area contributed by atoms with Crippen molar-refractivity contribution < 1.29 is 8.42 Å². The highest BCUT2D eigenvalue weighted by molar-refractivity contribution is 7.90. The number of anilines is 1. The predicted octanol–water partition coefficient (Wildman–Crippen LogP) is 2.79. The van der Waals surface area contributed by atoms with Gasteiger partial charge in [-0.15, -0.1) is 11.3 Å². The zero-order chi connectivity index (χ0) is 16.4. The van der Waals surface area contributed by atoms with Crippen LogP contribution in [0.15, 0.2) is 34.7 Å². The van der Waals surface area contributed by atoms with E-state index in [1.165, 1.54) is 17.4 Å². The predicted molar refractivity (Wildman–Crippen MR) is 93.9 cm³/mol. The molecule has 1 saturated heterocycles. The highest BCUT2D eigenvalue weighted by Gasteiger charge is 2.24. The largest absolute Gasteiger partial charge is 0.380 e. The molecule has 0 amide bonds. The minimum atomic E-state index is -3.44. The highest BCUT2D eigenvalue weighted by atomic mass is 35.5. The summed E-state index contributed by atoms with van der Waals surface area (Å²) < 4.78 is 24.9. The molecule has 3 rings (SSSR count). The quantitative estimate of drug-likeness (QED) is 0.845. The topological polar surface area (TPSA) is 71.1 Å². The lowest BCUT2D eigenvalue weighted by atomic mass is 10.1. The summed E-state index contributed by atoms with van der Waals surface area (Å²) >= 11 is 7.61. The summed E-state index contributed by atoms with van der Waals surface area (Å²) in [6.07, 6.45) is 1.60. The van der Waals surface area contributed by atoms with Gasteiger partial charge in [-0.05, 0) is 30.7 Å². The van der Waals surface area contributed by atoms with Gasteiger partial charge in [-0.2, -0.15) is 0 Å². The molecule has 1 aromatic heterocycles. The van der Waals surface area contributed by atoms with E-state index in [9.17, 15) is 8.42 Å². The van der Waals surface area contributed by atoms with Crippen LogP contribution in [0.3, 0.4) is 0 Å². The van der Waals surface area contributed by atoms with Gasteiger partial charge in [0, 0.05) is 24.2 Å². The van der Waals surface area contributed by atoms with Gasteiger partial charge in [-0.3, -0.25) is 0 Å². The molecule has 0 unspecified atom stereocenters. The first-order valence-electron chi connectivity index (χ1n) is 7.33. The molecule has 0 radical (unpaired) electrons. The van der Waals surface area contributed by atoms with E-state index in [4.69, 9.17) is 11.6 Å². The molecule has 1 aliphatic heterocycles. The fourth-order valence-electron chi connectivity index (χ4n) is 2.58. The molecule has 0 bridgehead atoms. The number of benzene rings is 1. The van der Waals surface area contributed by atoms with Crippen molar-refractivity contribution in [3.8, 4) is 0 Å². The van der Waals surface area contributed by atoms with Gasteiger partial charge in [0.15, 0.2) is 9.84 Å². The zero-order valence-electron chi connectivity index (χ0n) is 12.6. The van der Waals surface area contributed by atoms with E-state index in [0.29, 0.717) is 22.0 Å². The third kappa shape index (κ3) is 3.85. The Bertz CT molecular complexity index is 778. The number of sulfone groups is 1. The first kappa shape index (κ1) is 16.7. The van der Waals surface area contributed by atoms with Crippen molar-refractivity contribution in [1.82, 2.24) is 10.3 Å². The van der Waals surface area contributed by atoms with Crippen LogP contribution in [0.2, 0.25) is 5.02 Å². The standard InChI is InChI=1S/C15H18ClN3O2S2/c1-10-7-17-8-14(10)19-13-3-2-11(6-12(13)16)23(20,21)9-15-18-4-5-22-15/h2-6,10,14,17,19H,7-9H2,1H3/t10-,14-/m0/s1. The maximum atomic E-state index is 12.4. The average Bonchev–Trinajstić information content (AvgIpc) is 3.13. The van der Waals surface area contributed by atoms with Crippen LogP contribution in [0.25, 0.3) is 0 Å². The smallest absolute Gasteiger partial charge is 0.184 e. The molecule has 8 heteroatoms. The molecule has 2 N–H and O–H groups in total. The van der Waals surface area contributed by atoms with Gasteiger partial charge in [-0.1, -0.05) is 18.5 Å². The van der Waals surface area contributed by atoms with E-state index in [1.807, 2.05) is 0 Å². The normalized spacial score (nSPS) is 21.5. The van der Waals surface area contributed by atoms with Gasteiger partial charge in [-0.25, -0.2) is 13.4 Å². The van der Waals surface area contributed by atoms with E-state index in [-0.39, 0.29) is 10.6 Å². The number of thiazole rings is 1. The Morgan fingerprint density at radius 1 is 1.43 bits per heavy atom. The SMILES string of the molecule is C[C@H]1CNC[C@@H]1Nc1ccc(S(=O)(=O)Cc2nccs2)cc1Cl. The number of hydrogen-bond acceptors (Lipinski definition) is 6. The number of nitrogens with one attached hydrogen (secondary N) is 2. The van der Waals surface area contributed by atoms with E-state index in [1.54, 1.807) is 23.7 Å². The van der Waals surface area contributed by atoms with Crippen LogP contribution in [0.4, 0.5) is 5.69 Å². The molecule has 2 atom stereocenters. The van der Waals surface area contributed by atoms with Gasteiger partial charge in [0.25, 0.3) is 0 Å². The molecule has 23 heavy (non-hydrogen) atoms. The van der Waals surface area contributed by atoms with E-state index < -0.39 is 9.84 Å². The second-order valence-electron chi connectivity index (χ2n) is 5.71. The van der Waals surface area contributed by atoms with Crippen LogP contribution >= 0.6 is 22.9 Å². The van der Waals surface area contributed by atoms with Crippen LogP contribution in [0.1, 0.15) is 11.9 Å². The van der Waals surface area contributed by atoms with Crippen LogP contribution < -0.4 is 10.6 Å². The Kier molecular flexibility index (Phi) is 4.91. The first-order chi connectivity index (χ1) is 11.0. The molecule has 5 nitrogen and oxygen atoms in total. The number of rotatable bonds is 5. The van der Waals surface area contributed by atoms with Gasteiger partial charge in [0.1, 0.15) is 10.8 Å². The third-order valence-corrected chi connectivity index (χ3v) is 6.86. The van der Waals surface area contributed by atoms with Crippen molar-refractivity contribution in [3.63, 3.8) is 0 Å². The first-order valence-corrected chi connectivity index (χ1v) is 10.2. The monoisotopic (exact) mass is 371 g/mol. The molecular weight excluding hydrogens is 354 g/mol. The highest BCUT2D eigenvalue weighted by Crippen LogP contribution is 2.29. The summed E-state index contributed by atoms with van der Waals surface area (Å²) in [5.74, 6) is 0.400. The summed E-state index contributed by atoms with van der Waals surface area (Å²) in [6, 6.07) is 5.15. The summed E-state index contributed by atoms with van der Waals surface area (Å²) in [4.78, 5) is 4.25.